The van der Waals surface area contributed by atoms with Gasteiger partial charge in [-0.3, -0.25) is 9.59 Å². The van der Waals surface area contributed by atoms with Crippen LogP contribution in [0.3, 0.4) is 0 Å². The van der Waals surface area contributed by atoms with E-state index >= 15 is 0 Å². The molecule has 0 fully saturated rings. The molecule has 9 heteroatoms. The number of carboxylic acids is 1. The molecule has 0 radical (unpaired) electrons. The number of carbonyl (C=O) groups is 3. The number of likely N-dealkylation sites (N-methyl/N-ethyl adjacent to an activating group) is 1. The number of carboxylic acid groups (broad SMARTS) is 1. The van der Waals surface area contributed by atoms with Gasteiger partial charge in [-0.1, -0.05) is 192 Å². The van der Waals surface area contributed by atoms with Gasteiger partial charge in [0.25, 0.3) is 6.29 Å². The molecule has 398 valence electrons. The normalized spacial score (nSPS) is 14.0. The summed E-state index contributed by atoms with van der Waals surface area (Å²) in [5.41, 5.74) is 0. The lowest BCUT2D eigenvalue weighted by Crippen LogP contribution is -2.40. The lowest BCUT2D eigenvalue weighted by molar-refractivity contribution is -0.870. The van der Waals surface area contributed by atoms with Gasteiger partial charge in [-0.25, -0.2) is 4.79 Å². The van der Waals surface area contributed by atoms with E-state index in [1.807, 2.05) is 21.1 Å². The zero-order valence-corrected chi connectivity index (χ0v) is 45.1. The quantitative estimate of drug-likeness (QED) is 0.0211. The number of esters is 2. The number of ether oxygens (including phenoxy) is 4. The fourth-order valence-electron chi connectivity index (χ4n) is 6.50. The highest BCUT2D eigenvalue weighted by Gasteiger charge is 2.25. The number of aliphatic carboxylic acids is 1. The number of rotatable bonds is 47. The number of allylic oxidation sites excluding steroid dienone is 24. The Labute approximate surface area is 432 Å². The molecule has 0 heterocycles. The van der Waals surface area contributed by atoms with Gasteiger partial charge in [0, 0.05) is 12.8 Å². The molecular weight excluding hydrogens is 887 g/mol. The molecule has 0 aliphatic carbocycles. The van der Waals surface area contributed by atoms with Crippen LogP contribution in [0, 0.1) is 0 Å². The highest BCUT2D eigenvalue weighted by atomic mass is 16.7. The average Bonchev–Trinajstić information content (AvgIpc) is 3.34. The van der Waals surface area contributed by atoms with Crippen LogP contribution in [0.2, 0.25) is 0 Å². The summed E-state index contributed by atoms with van der Waals surface area (Å²) in [5.74, 6) is -2.13. The minimum Gasteiger partial charge on any atom is -0.477 e. The van der Waals surface area contributed by atoms with Crippen LogP contribution in [-0.4, -0.2) is 87.4 Å². The maximum absolute atomic E-state index is 12.8. The summed E-state index contributed by atoms with van der Waals surface area (Å²) in [4.78, 5) is 37.3. The monoisotopic (exact) mass is 985 g/mol. The number of hydrogen-bond donors (Lipinski definition) is 1. The molecule has 0 aromatic rings. The van der Waals surface area contributed by atoms with Crippen LogP contribution in [0.25, 0.3) is 0 Å². The Morgan fingerprint density at radius 2 is 0.775 bits per heavy atom. The summed E-state index contributed by atoms with van der Waals surface area (Å²) in [6.45, 7) is 4.53. The average molecular weight is 985 g/mol. The van der Waals surface area contributed by atoms with Gasteiger partial charge in [-0.15, -0.1) is 0 Å². The fraction of sp³-hybridized carbons (Fsp3) is 0.565. The van der Waals surface area contributed by atoms with E-state index in [4.69, 9.17) is 18.9 Å². The van der Waals surface area contributed by atoms with Crippen molar-refractivity contribution in [3.05, 3.63) is 146 Å². The summed E-state index contributed by atoms with van der Waals surface area (Å²) in [7, 11) is 5.93. The molecule has 2 unspecified atom stereocenters. The van der Waals surface area contributed by atoms with E-state index in [-0.39, 0.29) is 38.6 Å². The zero-order valence-electron chi connectivity index (χ0n) is 45.1. The van der Waals surface area contributed by atoms with Crippen molar-refractivity contribution in [1.82, 2.24) is 0 Å². The molecule has 0 aliphatic rings. The molecule has 0 aromatic carbocycles. The largest absolute Gasteiger partial charge is 0.477 e. The minimum atomic E-state index is -1.54. The summed E-state index contributed by atoms with van der Waals surface area (Å²) in [6.07, 6.45) is 72.1. The van der Waals surface area contributed by atoms with Gasteiger partial charge in [0.15, 0.2) is 6.10 Å². The summed E-state index contributed by atoms with van der Waals surface area (Å²) < 4.78 is 22.7. The Kier molecular flexibility index (Phi) is 48.0. The van der Waals surface area contributed by atoms with Crippen molar-refractivity contribution in [1.29, 1.82) is 0 Å². The predicted molar refractivity (Wildman–Crippen MR) is 299 cm³/mol. The SMILES string of the molecule is CC/C=C\C/C=C\C/C=C\C/C=C\C/C=C\C/C=C\C/C=C\CCCC(=O)OC(COC(=O)CCCCCCCCC/C=C\C/C=C\C/C=C\C/C=C\C/C=C\CC)COC(OCC[N+](C)(C)C)C(=O)O. The Bertz CT molecular complexity index is 1670. The highest BCUT2D eigenvalue weighted by Crippen LogP contribution is 2.12. The van der Waals surface area contributed by atoms with E-state index in [2.05, 4.69) is 160 Å². The molecule has 0 bridgehead atoms. The smallest absolute Gasteiger partial charge is 0.361 e. The third kappa shape index (κ3) is 52.8. The van der Waals surface area contributed by atoms with Gasteiger partial charge in [0.1, 0.15) is 13.2 Å². The topological polar surface area (TPSA) is 108 Å². The molecule has 9 nitrogen and oxygen atoms in total. The number of carbonyl (C=O) groups excluding carboxylic acids is 2. The van der Waals surface area contributed by atoms with E-state index in [0.29, 0.717) is 30.3 Å². The van der Waals surface area contributed by atoms with E-state index in [1.54, 1.807) is 0 Å². The minimum absolute atomic E-state index is 0.165. The fourth-order valence-corrected chi connectivity index (χ4v) is 6.50. The van der Waals surface area contributed by atoms with Crippen molar-refractivity contribution in [2.75, 3.05) is 47.5 Å². The Morgan fingerprint density at radius 3 is 1.17 bits per heavy atom. The van der Waals surface area contributed by atoms with E-state index in [0.717, 1.165) is 103 Å². The lowest BCUT2D eigenvalue weighted by Gasteiger charge is -2.25. The maximum atomic E-state index is 12.8. The van der Waals surface area contributed by atoms with Gasteiger partial charge < -0.3 is 28.5 Å². The van der Waals surface area contributed by atoms with Crippen LogP contribution in [0.1, 0.15) is 168 Å². The standard InChI is InChI=1S/C62H97NO8/c1-6-8-10-12-14-16-18-20-22-24-26-28-30-32-34-36-38-40-42-44-46-48-50-52-59(64)69-56-58(57-70-62(61(66)67)68-55-54-63(3,4)5)71-60(65)53-51-49-47-45-43-41-39-37-35-33-31-29-27-25-23-21-19-17-15-13-11-9-7-2/h8-11,14-17,20-23,26-29,32-35,39,41,45,47,58,62H,6-7,12-13,18-19,24-25,30-31,36-38,40,42-44,46,48-57H2,1-5H3/p+1/b10-8-,11-9-,16-14-,17-15-,22-20-,23-21-,28-26-,29-27-,34-32-,35-33-,41-39-,47-45-. The first-order valence-corrected chi connectivity index (χ1v) is 27.0. The number of nitrogens with zero attached hydrogens (tertiary/aromatic N) is 1. The van der Waals surface area contributed by atoms with Crippen molar-refractivity contribution < 1.29 is 42.9 Å². The van der Waals surface area contributed by atoms with Crippen molar-refractivity contribution in [3.8, 4) is 0 Å². The molecule has 0 aromatic heterocycles. The summed E-state index contributed by atoms with van der Waals surface area (Å²) >= 11 is 0. The Morgan fingerprint density at radius 1 is 0.423 bits per heavy atom. The molecule has 0 rings (SSSR count). The number of hydrogen-bond acceptors (Lipinski definition) is 7. The van der Waals surface area contributed by atoms with Crippen molar-refractivity contribution in [2.24, 2.45) is 0 Å². The molecule has 0 saturated carbocycles. The molecule has 1 N–H and O–H groups in total. The van der Waals surface area contributed by atoms with Crippen molar-refractivity contribution >= 4 is 17.9 Å². The molecule has 0 spiro atoms. The second-order valence-corrected chi connectivity index (χ2v) is 18.4. The Balaban J connectivity index is 4.48. The third-order valence-electron chi connectivity index (χ3n) is 10.6. The van der Waals surface area contributed by atoms with Crippen LogP contribution in [0.15, 0.2) is 146 Å². The first kappa shape index (κ1) is 66.2. The molecular formula is C62H98NO8+. The highest BCUT2D eigenvalue weighted by molar-refractivity contribution is 5.71. The second kappa shape index (κ2) is 51.5. The predicted octanol–water partition coefficient (Wildman–Crippen LogP) is 15.7. The second-order valence-electron chi connectivity index (χ2n) is 18.4. The van der Waals surface area contributed by atoms with Crippen LogP contribution in [0.4, 0.5) is 0 Å². The van der Waals surface area contributed by atoms with Gasteiger partial charge in [-0.05, 0) is 109 Å². The molecule has 0 aliphatic heterocycles. The zero-order chi connectivity index (χ0) is 52.0. The van der Waals surface area contributed by atoms with Crippen molar-refractivity contribution in [3.63, 3.8) is 0 Å². The Hall–Kier alpha value is -4.83. The maximum Gasteiger partial charge on any atom is 0.361 e. The van der Waals surface area contributed by atoms with E-state index in [9.17, 15) is 19.5 Å². The summed E-state index contributed by atoms with van der Waals surface area (Å²) in [6, 6.07) is 0. The van der Waals surface area contributed by atoms with Crippen LogP contribution in [0.5, 0.6) is 0 Å². The first-order chi connectivity index (χ1) is 34.6. The lowest BCUT2D eigenvalue weighted by atomic mass is 10.1. The number of quaternary nitrogens is 1. The third-order valence-corrected chi connectivity index (χ3v) is 10.6. The van der Waals surface area contributed by atoms with Crippen molar-refractivity contribution in [2.45, 2.75) is 180 Å². The van der Waals surface area contributed by atoms with Gasteiger partial charge in [0.05, 0.1) is 34.4 Å². The molecule has 0 amide bonds. The first-order valence-electron chi connectivity index (χ1n) is 27.0. The van der Waals surface area contributed by atoms with E-state index < -0.39 is 24.3 Å². The van der Waals surface area contributed by atoms with Gasteiger partial charge >= 0.3 is 17.9 Å². The van der Waals surface area contributed by atoms with Crippen LogP contribution in [-0.2, 0) is 33.3 Å². The number of unbranched alkanes of at least 4 members (excludes halogenated alkanes) is 8. The molecule has 71 heavy (non-hydrogen) atoms. The van der Waals surface area contributed by atoms with Crippen LogP contribution < -0.4 is 0 Å². The van der Waals surface area contributed by atoms with E-state index in [1.165, 1.54) is 19.3 Å². The van der Waals surface area contributed by atoms with Crippen LogP contribution >= 0.6 is 0 Å². The molecule has 0 saturated heterocycles. The van der Waals surface area contributed by atoms with Gasteiger partial charge in [-0.2, -0.15) is 0 Å². The summed E-state index contributed by atoms with van der Waals surface area (Å²) in [5, 5.41) is 9.69. The molecule has 2 atom stereocenters. The van der Waals surface area contributed by atoms with Gasteiger partial charge in [0.2, 0.25) is 0 Å².